The summed E-state index contributed by atoms with van der Waals surface area (Å²) in [5.74, 6) is 2.53. The van der Waals surface area contributed by atoms with Crippen molar-refractivity contribution in [1.82, 2.24) is 15.5 Å². The average molecular weight is 306 g/mol. The first-order valence-electron chi connectivity index (χ1n) is 8.41. The SMILES string of the molecule is CCNC(=NCCc1ccco1)NC1CN(C(C)C)CC1C. The molecule has 2 rings (SSSR count). The van der Waals surface area contributed by atoms with E-state index in [1.165, 1.54) is 0 Å². The van der Waals surface area contributed by atoms with Crippen LogP contribution in [0.4, 0.5) is 0 Å². The van der Waals surface area contributed by atoms with Crippen molar-refractivity contribution in [3.05, 3.63) is 24.2 Å². The lowest BCUT2D eigenvalue weighted by Gasteiger charge is -2.21. The second-order valence-corrected chi connectivity index (χ2v) is 6.37. The zero-order valence-corrected chi connectivity index (χ0v) is 14.3. The van der Waals surface area contributed by atoms with Crippen LogP contribution in [0.25, 0.3) is 0 Å². The van der Waals surface area contributed by atoms with Gasteiger partial charge in [-0.3, -0.25) is 9.89 Å². The molecule has 2 heterocycles. The molecule has 2 unspecified atom stereocenters. The van der Waals surface area contributed by atoms with Gasteiger partial charge in [-0.25, -0.2) is 0 Å². The summed E-state index contributed by atoms with van der Waals surface area (Å²) in [6.07, 6.45) is 2.55. The van der Waals surface area contributed by atoms with Gasteiger partial charge in [0.1, 0.15) is 5.76 Å². The Labute approximate surface area is 134 Å². The van der Waals surface area contributed by atoms with E-state index in [2.05, 4.69) is 48.2 Å². The highest BCUT2D eigenvalue weighted by Crippen LogP contribution is 2.18. The van der Waals surface area contributed by atoms with Crippen LogP contribution < -0.4 is 10.6 Å². The summed E-state index contributed by atoms with van der Waals surface area (Å²) < 4.78 is 5.35. The minimum atomic E-state index is 0.462. The smallest absolute Gasteiger partial charge is 0.191 e. The summed E-state index contributed by atoms with van der Waals surface area (Å²) in [7, 11) is 0. The first-order chi connectivity index (χ1) is 10.6. The third-order valence-electron chi connectivity index (χ3n) is 4.25. The maximum Gasteiger partial charge on any atom is 0.191 e. The highest BCUT2D eigenvalue weighted by molar-refractivity contribution is 5.80. The second kappa shape index (κ2) is 8.22. The summed E-state index contributed by atoms with van der Waals surface area (Å²) in [5.41, 5.74) is 0. The molecule has 0 bridgehead atoms. The first-order valence-corrected chi connectivity index (χ1v) is 8.41. The molecule has 0 radical (unpaired) electrons. The fraction of sp³-hybridized carbons (Fsp3) is 0.706. The zero-order valence-electron chi connectivity index (χ0n) is 14.3. The molecule has 5 heteroatoms. The van der Waals surface area contributed by atoms with Crippen molar-refractivity contribution in [2.45, 2.75) is 46.2 Å². The molecule has 1 saturated heterocycles. The first kappa shape index (κ1) is 16.9. The Kier molecular flexibility index (Phi) is 6.31. The van der Waals surface area contributed by atoms with E-state index in [9.17, 15) is 0 Å². The molecule has 0 saturated carbocycles. The van der Waals surface area contributed by atoms with E-state index in [0.29, 0.717) is 18.0 Å². The standard InChI is InChI=1S/C17H30N4O/c1-5-18-17(19-9-8-15-7-6-10-22-15)20-16-12-21(13(2)3)11-14(16)4/h6-7,10,13-14,16H,5,8-9,11-12H2,1-4H3,(H2,18,19,20). The Bertz CT molecular complexity index is 455. The molecule has 22 heavy (non-hydrogen) atoms. The maximum atomic E-state index is 5.35. The Morgan fingerprint density at radius 1 is 1.45 bits per heavy atom. The molecule has 2 N–H and O–H groups in total. The number of hydrogen-bond acceptors (Lipinski definition) is 3. The van der Waals surface area contributed by atoms with Gasteiger partial charge in [0, 0.05) is 44.7 Å². The Hall–Kier alpha value is -1.49. The van der Waals surface area contributed by atoms with Crippen LogP contribution in [-0.4, -0.2) is 49.1 Å². The second-order valence-electron chi connectivity index (χ2n) is 6.37. The summed E-state index contributed by atoms with van der Waals surface area (Å²) in [6, 6.07) is 4.98. The number of guanidine groups is 1. The largest absolute Gasteiger partial charge is 0.469 e. The minimum Gasteiger partial charge on any atom is -0.469 e. The molecule has 124 valence electrons. The van der Waals surface area contributed by atoms with E-state index in [4.69, 9.17) is 4.42 Å². The van der Waals surface area contributed by atoms with E-state index in [1.54, 1.807) is 6.26 Å². The predicted octanol–water partition coefficient (Wildman–Crippen LogP) is 2.11. The molecule has 2 atom stereocenters. The average Bonchev–Trinajstić information content (AvgIpc) is 3.10. The monoisotopic (exact) mass is 306 g/mol. The normalized spacial score (nSPS) is 23.2. The van der Waals surface area contributed by atoms with Gasteiger partial charge in [-0.1, -0.05) is 6.92 Å². The lowest BCUT2D eigenvalue weighted by Crippen LogP contribution is -2.46. The van der Waals surface area contributed by atoms with Gasteiger partial charge < -0.3 is 15.1 Å². The van der Waals surface area contributed by atoms with Crippen molar-refractivity contribution in [2.75, 3.05) is 26.2 Å². The zero-order chi connectivity index (χ0) is 15.9. The fourth-order valence-electron chi connectivity index (χ4n) is 2.84. The predicted molar refractivity (Wildman–Crippen MR) is 91.2 cm³/mol. The molecule has 1 aliphatic heterocycles. The number of furan rings is 1. The summed E-state index contributed by atoms with van der Waals surface area (Å²) in [4.78, 5) is 7.19. The topological polar surface area (TPSA) is 52.8 Å². The van der Waals surface area contributed by atoms with Crippen LogP contribution in [-0.2, 0) is 6.42 Å². The lowest BCUT2D eigenvalue weighted by atomic mass is 10.1. The lowest BCUT2D eigenvalue weighted by molar-refractivity contribution is 0.265. The van der Waals surface area contributed by atoms with Crippen molar-refractivity contribution in [2.24, 2.45) is 10.9 Å². The molecule has 1 fully saturated rings. The van der Waals surface area contributed by atoms with Gasteiger partial charge in [-0.15, -0.1) is 0 Å². The van der Waals surface area contributed by atoms with Crippen LogP contribution in [0, 0.1) is 5.92 Å². The molecule has 1 aliphatic rings. The summed E-state index contributed by atoms with van der Waals surface area (Å²) in [6.45, 7) is 12.8. The molecular weight excluding hydrogens is 276 g/mol. The van der Waals surface area contributed by atoms with E-state index in [1.807, 2.05) is 12.1 Å². The fourth-order valence-corrected chi connectivity index (χ4v) is 2.84. The number of rotatable bonds is 6. The third kappa shape index (κ3) is 4.77. The van der Waals surface area contributed by atoms with Gasteiger partial charge in [0.2, 0.25) is 0 Å². The van der Waals surface area contributed by atoms with E-state index >= 15 is 0 Å². The highest BCUT2D eigenvalue weighted by atomic mass is 16.3. The minimum absolute atomic E-state index is 0.462. The molecule has 0 aliphatic carbocycles. The van der Waals surface area contributed by atoms with Crippen LogP contribution in [0.2, 0.25) is 0 Å². The summed E-state index contributed by atoms with van der Waals surface area (Å²) >= 11 is 0. The Balaban J connectivity index is 1.87. The Morgan fingerprint density at radius 2 is 2.27 bits per heavy atom. The van der Waals surface area contributed by atoms with Crippen molar-refractivity contribution >= 4 is 5.96 Å². The number of nitrogens with zero attached hydrogens (tertiary/aromatic N) is 2. The summed E-state index contributed by atoms with van der Waals surface area (Å²) in [5, 5.41) is 6.94. The van der Waals surface area contributed by atoms with Crippen LogP contribution in [0.5, 0.6) is 0 Å². The van der Waals surface area contributed by atoms with Crippen LogP contribution in [0.1, 0.15) is 33.5 Å². The molecule has 1 aromatic heterocycles. The molecule has 1 aromatic rings. The molecule has 0 amide bonds. The van der Waals surface area contributed by atoms with Gasteiger partial charge in [0.05, 0.1) is 6.26 Å². The van der Waals surface area contributed by atoms with E-state index in [0.717, 1.165) is 44.3 Å². The Morgan fingerprint density at radius 3 is 2.86 bits per heavy atom. The van der Waals surface area contributed by atoms with Gasteiger partial charge in [0.25, 0.3) is 0 Å². The quantitative estimate of drug-likeness (QED) is 0.624. The number of hydrogen-bond donors (Lipinski definition) is 2. The van der Waals surface area contributed by atoms with Crippen molar-refractivity contribution in [3.8, 4) is 0 Å². The van der Waals surface area contributed by atoms with E-state index < -0.39 is 0 Å². The van der Waals surface area contributed by atoms with Crippen molar-refractivity contribution in [1.29, 1.82) is 0 Å². The van der Waals surface area contributed by atoms with Gasteiger partial charge in [0.15, 0.2) is 5.96 Å². The van der Waals surface area contributed by atoms with Crippen LogP contribution in [0.3, 0.4) is 0 Å². The molecular formula is C17H30N4O. The van der Waals surface area contributed by atoms with Gasteiger partial charge in [-0.2, -0.15) is 0 Å². The molecule has 5 nitrogen and oxygen atoms in total. The molecule has 0 spiro atoms. The third-order valence-corrected chi connectivity index (χ3v) is 4.25. The van der Waals surface area contributed by atoms with Gasteiger partial charge >= 0.3 is 0 Å². The number of nitrogens with one attached hydrogen (secondary N) is 2. The van der Waals surface area contributed by atoms with Crippen LogP contribution in [0.15, 0.2) is 27.8 Å². The van der Waals surface area contributed by atoms with Crippen molar-refractivity contribution < 1.29 is 4.42 Å². The van der Waals surface area contributed by atoms with Gasteiger partial charge in [-0.05, 0) is 38.8 Å². The number of aliphatic imine (C=N–C) groups is 1. The molecule has 0 aromatic carbocycles. The van der Waals surface area contributed by atoms with Crippen molar-refractivity contribution in [3.63, 3.8) is 0 Å². The highest BCUT2D eigenvalue weighted by Gasteiger charge is 2.31. The maximum absolute atomic E-state index is 5.35. The van der Waals surface area contributed by atoms with Crippen LogP contribution >= 0.6 is 0 Å². The van der Waals surface area contributed by atoms with E-state index in [-0.39, 0.29) is 0 Å². The number of likely N-dealkylation sites (tertiary alicyclic amines) is 1.